The summed E-state index contributed by atoms with van der Waals surface area (Å²) >= 11 is 0. The van der Waals surface area contributed by atoms with Crippen molar-refractivity contribution in [2.75, 3.05) is 0 Å². The molecular formula is C10H22O. The molecule has 1 heteroatoms. The average molecular weight is 158 g/mol. The smallest absolute Gasteiger partial charge is 0.0417 e. The Morgan fingerprint density at radius 1 is 0.818 bits per heavy atom. The van der Waals surface area contributed by atoms with Crippen molar-refractivity contribution in [2.45, 2.75) is 52.4 Å². The van der Waals surface area contributed by atoms with Crippen LogP contribution in [0.15, 0.2) is 0 Å². The SMILES string of the molecule is CCC1CCC(CC)CC1.O. The van der Waals surface area contributed by atoms with E-state index >= 15 is 0 Å². The zero-order valence-corrected chi connectivity index (χ0v) is 7.90. The molecule has 11 heavy (non-hydrogen) atoms. The first-order valence-corrected chi connectivity index (χ1v) is 4.86. The van der Waals surface area contributed by atoms with E-state index in [0.717, 1.165) is 11.8 Å². The monoisotopic (exact) mass is 158 g/mol. The van der Waals surface area contributed by atoms with Crippen LogP contribution in [0.2, 0.25) is 0 Å². The molecule has 1 saturated carbocycles. The molecule has 0 aliphatic heterocycles. The lowest BCUT2D eigenvalue weighted by Crippen LogP contribution is -2.12. The molecule has 0 amide bonds. The average Bonchev–Trinajstić information content (AvgIpc) is 2.05. The summed E-state index contributed by atoms with van der Waals surface area (Å²) in [5.41, 5.74) is 0. The molecule has 0 heterocycles. The van der Waals surface area contributed by atoms with Crippen molar-refractivity contribution in [3.63, 3.8) is 0 Å². The molecule has 1 aliphatic rings. The fourth-order valence-electron chi connectivity index (χ4n) is 2.05. The number of hydrogen-bond acceptors (Lipinski definition) is 0. The minimum atomic E-state index is 0. The summed E-state index contributed by atoms with van der Waals surface area (Å²) in [7, 11) is 0. The highest BCUT2D eigenvalue weighted by Gasteiger charge is 2.17. The molecule has 1 fully saturated rings. The van der Waals surface area contributed by atoms with Gasteiger partial charge in [-0.15, -0.1) is 0 Å². The number of rotatable bonds is 2. The lowest BCUT2D eigenvalue weighted by molar-refractivity contribution is 0.264. The van der Waals surface area contributed by atoms with Gasteiger partial charge in [0.2, 0.25) is 0 Å². The van der Waals surface area contributed by atoms with Crippen molar-refractivity contribution in [2.24, 2.45) is 11.8 Å². The molecule has 0 atom stereocenters. The Bertz CT molecular complexity index is 70.9. The van der Waals surface area contributed by atoms with Gasteiger partial charge in [-0.1, -0.05) is 52.4 Å². The highest BCUT2D eigenvalue weighted by atomic mass is 16.0. The maximum atomic E-state index is 2.33. The van der Waals surface area contributed by atoms with Gasteiger partial charge in [-0.2, -0.15) is 0 Å². The molecule has 0 aromatic carbocycles. The van der Waals surface area contributed by atoms with Crippen molar-refractivity contribution in [1.82, 2.24) is 0 Å². The van der Waals surface area contributed by atoms with E-state index in [1.807, 2.05) is 0 Å². The third kappa shape index (κ3) is 3.24. The molecule has 2 N–H and O–H groups in total. The molecule has 1 aliphatic carbocycles. The topological polar surface area (TPSA) is 31.5 Å². The van der Waals surface area contributed by atoms with Gasteiger partial charge in [0.1, 0.15) is 0 Å². The molecule has 0 aromatic heterocycles. The molecule has 0 unspecified atom stereocenters. The predicted molar refractivity (Wildman–Crippen MR) is 49.6 cm³/mol. The van der Waals surface area contributed by atoms with E-state index in [4.69, 9.17) is 0 Å². The lowest BCUT2D eigenvalue weighted by atomic mass is 9.80. The van der Waals surface area contributed by atoms with E-state index in [9.17, 15) is 0 Å². The first-order valence-electron chi connectivity index (χ1n) is 4.86. The summed E-state index contributed by atoms with van der Waals surface area (Å²) in [6.45, 7) is 4.66. The fourth-order valence-corrected chi connectivity index (χ4v) is 2.05. The summed E-state index contributed by atoms with van der Waals surface area (Å²) in [6.07, 6.45) is 8.86. The van der Waals surface area contributed by atoms with E-state index in [2.05, 4.69) is 13.8 Å². The Labute approximate surface area is 70.5 Å². The Balaban J connectivity index is 0.000001000. The summed E-state index contributed by atoms with van der Waals surface area (Å²) in [6, 6.07) is 0. The van der Waals surface area contributed by atoms with Gasteiger partial charge >= 0.3 is 0 Å². The minimum Gasteiger partial charge on any atom is -0.412 e. The van der Waals surface area contributed by atoms with Gasteiger partial charge in [0.25, 0.3) is 0 Å². The quantitative estimate of drug-likeness (QED) is 0.592. The first kappa shape index (κ1) is 11.0. The van der Waals surface area contributed by atoms with Gasteiger partial charge in [0, 0.05) is 0 Å². The zero-order chi connectivity index (χ0) is 7.40. The predicted octanol–water partition coefficient (Wildman–Crippen LogP) is 2.79. The van der Waals surface area contributed by atoms with Gasteiger partial charge in [-0.05, 0) is 11.8 Å². The van der Waals surface area contributed by atoms with Gasteiger partial charge in [-0.25, -0.2) is 0 Å². The van der Waals surface area contributed by atoms with Crippen LogP contribution >= 0.6 is 0 Å². The van der Waals surface area contributed by atoms with Crippen molar-refractivity contribution in [1.29, 1.82) is 0 Å². The van der Waals surface area contributed by atoms with E-state index in [0.29, 0.717) is 0 Å². The van der Waals surface area contributed by atoms with Crippen LogP contribution in [0, 0.1) is 11.8 Å². The molecule has 0 bridgehead atoms. The summed E-state index contributed by atoms with van der Waals surface area (Å²) in [5, 5.41) is 0. The molecule has 0 spiro atoms. The van der Waals surface area contributed by atoms with Gasteiger partial charge in [-0.3, -0.25) is 0 Å². The van der Waals surface area contributed by atoms with Crippen LogP contribution in [0.25, 0.3) is 0 Å². The highest BCUT2D eigenvalue weighted by molar-refractivity contribution is 4.70. The molecule has 0 radical (unpaired) electrons. The fraction of sp³-hybridized carbons (Fsp3) is 1.00. The summed E-state index contributed by atoms with van der Waals surface area (Å²) < 4.78 is 0. The molecule has 0 aromatic rings. The molecular weight excluding hydrogens is 136 g/mol. The third-order valence-corrected chi connectivity index (χ3v) is 3.12. The van der Waals surface area contributed by atoms with Crippen molar-refractivity contribution in [3.8, 4) is 0 Å². The summed E-state index contributed by atoms with van der Waals surface area (Å²) in [5.74, 6) is 2.14. The van der Waals surface area contributed by atoms with E-state index < -0.39 is 0 Å². The van der Waals surface area contributed by atoms with Crippen LogP contribution in [0.5, 0.6) is 0 Å². The van der Waals surface area contributed by atoms with Crippen molar-refractivity contribution >= 4 is 0 Å². The second-order valence-electron chi connectivity index (χ2n) is 3.70. The van der Waals surface area contributed by atoms with Gasteiger partial charge in [0.05, 0.1) is 0 Å². The Kier molecular flexibility index (Phi) is 5.57. The van der Waals surface area contributed by atoms with Gasteiger partial charge < -0.3 is 5.48 Å². The first-order chi connectivity index (χ1) is 4.86. The highest BCUT2D eigenvalue weighted by Crippen LogP contribution is 2.31. The standard InChI is InChI=1S/C10H20.H2O/c1-3-9-5-7-10(4-2)8-6-9;/h9-10H,3-8H2,1-2H3;1H2. The Hall–Kier alpha value is -0.0400. The molecule has 0 saturated heterocycles. The maximum absolute atomic E-state index is 2.33. The van der Waals surface area contributed by atoms with E-state index in [1.165, 1.54) is 38.5 Å². The zero-order valence-electron chi connectivity index (χ0n) is 7.90. The molecule has 1 nitrogen and oxygen atoms in total. The second kappa shape index (κ2) is 5.59. The largest absolute Gasteiger partial charge is 0.412 e. The van der Waals surface area contributed by atoms with Crippen LogP contribution in [0.1, 0.15) is 52.4 Å². The molecule has 1 rings (SSSR count). The van der Waals surface area contributed by atoms with Crippen molar-refractivity contribution < 1.29 is 5.48 Å². The van der Waals surface area contributed by atoms with E-state index in [1.54, 1.807) is 0 Å². The lowest BCUT2D eigenvalue weighted by Gasteiger charge is -2.26. The van der Waals surface area contributed by atoms with Crippen LogP contribution in [0.3, 0.4) is 0 Å². The minimum absolute atomic E-state index is 0. The third-order valence-electron chi connectivity index (χ3n) is 3.12. The Morgan fingerprint density at radius 3 is 1.27 bits per heavy atom. The summed E-state index contributed by atoms with van der Waals surface area (Å²) in [4.78, 5) is 0. The molecule has 68 valence electrons. The Morgan fingerprint density at radius 2 is 1.09 bits per heavy atom. The van der Waals surface area contributed by atoms with E-state index in [-0.39, 0.29) is 5.48 Å². The van der Waals surface area contributed by atoms with Crippen LogP contribution in [-0.2, 0) is 0 Å². The normalized spacial score (nSPS) is 31.1. The van der Waals surface area contributed by atoms with Gasteiger partial charge in [0.15, 0.2) is 0 Å². The van der Waals surface area contributed by atoms with Crippen LogP contribution < -0.4 is 0 Å². The number of hydrogen-bond donors (Lipinski definition) is 0. The van der Waals surface area contributed by atoms with Crippen molar-refractivity contribution in [3.05, 3.63) is 0 Å². The second-order valence-corrected chi connectivity index (χ2v) is 3.70. The van der Waals surface area contributed by atoms with Crippen LogP contribution in [0.4, 0.5) is 0 Å². The van der Waals surface area contributed by atoms with Crippen LogP contribution in [-0.4, -0.2) is 5.48 Å². The maximum Gasteiger partial charge on any atom is -0.0417 e.